The van der Waals surface area contributed by atoms with E-state index in [1.165, 1.54) is 0 Å². The maximum atomic E-state index is 11.6. The first-order valence-corrected chi connectivity index (χ1v) is 4.82. The quantitative estimate of drug-likeness (QED) is 0.686. The maximum absolute atomic E-state index is 11.6. The van der Waals surface area contributed by atoms with E-state index in [0.717, 1.165) is 38.8 Å². The van der Waals surface area contributed by atoms with E-state index in [1.54, 1.807) is 0 Å². The number of likely N-dealkylation sites (tertiary alicyclic amines) is 1. The SMILES string of the molecule is Cl.NC1CCN(C(=O)C2CC2)CC1. The van der Waals surface area contributed by atoms with Crippen molar-refractivity contribution >= 4 is 18.3 Å². The van der Waals surface area contributed by atoms with Gasteiger partial charge < -0.3 is 10.6 Å². The first kappa shape index (κ1) is 10.8. The molecular weight excluding hydrogens is 188 g/mol. The predicted octanol–water partition coefficient (Wildman–Crippen LogP) is 0.768. The van der Waals surface area contributed by atoms with Crippen LogP contribution in [0.15, 0.2) is 0 Å². The number of piperidine rings is 1. The van der Waals surface area contributed by atoms with Crippen molar-refractivity contribution in [2.45, 2.75) is 31.7 Å². The average Bonchev–Trinajstić information content (AvgIpc) is 2.87. The Morgan fingerprint density at radius 3 is 2.15 bits per heavy atom. The molecule has 0 radical (unpaired) electrons. The second kappa shape index (κ2) is 4.29. The van der Waals surface area contributed by atoms with Crippen LogP contribution >= 0.6 is 12.4 Å². The molecule has 1 aliphatic heterocycles. The van der Waals surface area contributed by atoms with Crippen LogP contribution in [-0.4, -0.2) is 29.9 Å². The fourth-order valence-electron chi connectivity index (χ4n) is 1.71. The number of carbonyl (C=O) groups excluding carboxylic acids is 1. The lowest BCUT2D eigenvalue weighted by Gasteiger charge is -2.30. The molecule has 1 saturated heterocycles. The molecule has 0 atom stereocenters. The second-order valence-electron chi connectivity index (χ2n) is 3.94. The van der Waals surface area contributed by atoms with Crippen molar-refractivity contribution in [3.63, 3.8) is 0 Å². The van der Waals surface area contributed by atoms with E-state index in [2.05, 4.69) is 0 Å². The standard InChI is InChI=1S/C9H16N2O.ClH/c10-8-3-5-11(6-4-8)9(12)7-1-2-7;/h7-8H,1-6,10H2;1H. The van der Waals surface area contributed by atoms with Gasteiger partial charge in [0.2, 0.25) is 5.91 Å². The molecule has 1 aliphatic carbocycles. The minimum Gasteiger partial charge on any atom is -0.342 e. The van der Waals surface area contributed by atoms with Gasteiger partial charge in [-0.25, -0.2) is 0 Å². The van der Waals surface area contributed by atoms with Gasteiger partial charge in [-0.2, -0.15) is 0 Å². The van der Waals surface area contributed by atoms with E-state index in [4.69, 9.17) is 5.73 Å². The fourth-order valence-corrected chi connectivity index (χ4v) is 1.71. The number of rotatable bonds is 1. The van der Waals surface area contributed by atoms with Gasteiger partial charge in [0, 0.05) is 25.0 Å². The van der Waals surface area contributed by atoms with Crippen LogP contribution in [0.5, 0.6) is 0 Å². The molecule has 0 aromatic heterocycles. The van der Waals surface area contributed by atoms with Crippen LogP contribution in [-0.2, 0) is 4.79 Å². The van der Waals surface area contributed by atoms with E-state index in [1.807, 2.05) is 4.90 Å². The Labute approximate surface area is 85.1 Å². The van der Waals surface area contributed by atoms with Crippen molar-refractivity contribution in [3.05, 3.63) is 0 Å². The van der Waals surface area contributed by atoms with Crippen LogP contribution in [0.3, 0.4) is 0 Å². The summed E-state index contributed by atoms with van der Waals surface area (Å²) in [5.41, 5.74) is 5.75. The third-order valence-corrected chi connectivity index (χ3v) is 2.78. The number of halogens is 1. The van der Waals surface area contributed by atoms with E-state index < -0.39 is 0 Å². The van der Waals surface area contributed by atoms with E-state index in [0.29, 0.717) is 17.9 Å². The van der Waals surface area contributed by atoms with Gasteiger partial charge in [0.05, 0.1) is 0 Å². The fraction of sp³-hybridized carbons (Fsp3) is 0.889. The number of nitrogens with zero attached hydrogens (tertiary/aromatic N) is 1. The summed E-state index contributed by atoms with van der Waals surface area (Å²) in [6.07, 6.45) is 4.19. The van der Waals surface area contributed by atoms with Crippen LogP contribution in [0.4, 0.5) is 0 Å². The Morgan fingerprint density at radius 1 is 1.15 bits per heavy atom. The molecule has 0 aromatic rings. The summed E-state index contributed by atoms with van der Waals surface area (Å²) < 4.78 is 0. The molecule has 2 aliphatic rings. The molecule has 76 valence electrons. The van der Waals surface area contributed by atoms with Crippen molar-refractivity contribution in [2.75, 3.05) is 13.1 Å². The molecule has 0 aromatic carbocycles. The third kappa shape index (κ3) is 2.58. The van der Waals surface area contributed by atoms with Crippen LogP contribution in [0.2, 0.25) is 0 Å². The highest BCUT2D eigenvalue weighted by Crippen LogP contribution is 2.31. The molecular formula is C9H17ClN2O. The molecule has 1 heterocycles. The molecule has 3 nitrogen and oxygen atoms in total. The lowest BCUT2D eigenvalue weighted by atomic mass is 10.1. The molecule has 13 heavy (non-hydrogen) atoms. The summed E-state index contributed by atoms with van der Waals surface area (Å²) in [5.74, 6) is 0.751. The molecule has 2 fully saturated rings. The van der Waals surface area contributed by atoms with Gasteiger partial charge in [0.15, 0.2) is 0 Å². The summed E-state index contributed by atoms with van der Waals surface area (Å²) in [7, 11) is 0. The lowest BCUT2D eigenvalue weighted by Crippen LogP contribution is -2.43. The molecule has 1 amide bonds. The lowest BCUT2D eigenvalue weighted by molar-refractivity contribution is -0.133. The minimum absolute atomic E-state index is 0. The molecule has 0 unspecified atom stereocenters. The normalized spacial score (nSPS) is 23.9. The molecule has 1 saturated carbocycles. The predicted molar refractivity (Wildman–Crippen MR) is 53.8 cm³/mol. The Morgan fingerprint density at radius 2 is 1.69 bits per heavy atom. The van der Waals surface area contributed by atoms with Crippen molar-refractivity contribution in [1.29, 1.82) is 0 Å². The average molecular weight is 205 g/mol. The van der Waals surface area contributed by atoms with Gasteiger partial charge >= 0.3 is 0 Å². The Hall–Kier alpha value is -0.280. The summed E-state index contributed by atoms with van der Waals surface area (Å²) in [6, 6.07) is 0.327. The highest BCUT2D eigenvalue weighted by atomic mass is 35.5. The molecule has 2 N–H and O–H groups in total. The third-order valence-electron chi connectivity index (χ3n) is 2.78. The van der Waals surface area contributed by atoms with Crippen LogP contribution in [0.25, 0.3) is 0 Å². The molecule has 0 spiro atoms. The monoisotopic (exact) mass is 204 g/mol. The zero-order valence-corrected chi connectivity index (χ0v) is 8.55. The largest absolute Gasteiger partial charge is 0.342 e. The Balaban J connectivity index is 0.000000845. The van der Waals surface area contributed by atoms with Crippen LogP contribution in [0.1, 0.15) is 25.7 Å². The van der Waals surface area contributed by atoms with Crippen LogP contribution < -0.4 is 5.73 Å². The van der Waals surface area contributed by atoms with Gasteiger partial charge in [-0.3, -0.25) is 4.79 Å². The topological polar surface area (TPSA) is 46.3 Å². The van der Waals surface area contributed by atoms with Crippen molar-refractivity contribution in [3.8, 4) is 0 Å². The zero-order chi connectivity index (χ0) is 8.55. The minimum atomic E-state index is 0. The van der Waals surface area contributed by atoms with Crippen molar-refractivity contribution in [2.24, 2.45) is 11.7 Å². The number of hydrogen-bond donors (Lipinski definition) is 1. The molecule has 4 heteroatoms. The van der Waals surface area contributed by atoms with Gasteiger partial charge in [0.1, 0.15) is 0 Å². The second-order valence-corrected chi connectivity index (χ2v) is 3.94. The highest BCUT2D eigenvalue weighted by molar-refractivity contribution is 5.85. The Kier molecular flexibility index (Phi) is 3.56. The maximum Gasteiger partial charge on any atom is 0.225 e. The van der Waals surface area contributed by atoms with E-state index in [9.17, 15) is 4.79 Å². The summed E-state index contributed by atoms with van der Waals surface area (Å²) >= 11 is 0. The van der Waals surface area contributed by atoms with Gasteiger partial charge in [-0.15, -0.1) is 12.4 Å². The van der Waals surface area contributed by atoms with Crippen molar-refractivity contribution in [1.82, 2.24) is 4.90 Å². The number of amides is 1. The number of hydrogen-bond acceptors (Lipinski definition) is 2. The van der Waals surface area contributed by atoms with Crippen molar-refractivity contribution < 1.29 is 4.79 Å². The number of carbonyl (C=O) groups is 1. The molecule has 0 bridgehead atoms. The highest BCUT2D eigenvalue weighted by Gasteiger charge is 2.34. The van der Waals surface area contributed by atoms with Gasteiger partial charge in [-0.05, 0) is 25.7 Å². The zero-order valence-electron chi connectivity index (χ0n) is 7.74. The first-order valence-electron chi connectivity index (χ1n) is 4.82. The summed E-state index contributed by atoms with van der Waals surface area (Å²) in [5, 5.41) is 0. The van der Waals surface area contributed by atoms with Crippen LogP contribution in [0, 0.1) is 5.92 Å². The smallest absolute Gasteiger partial charge is 0.225 e. The van der Waals surface area contributed by atoms with Gasteiger partial charge in [-0.1, -0.05) is 0 Å². The number of nitrogens with two attached hydrogens (primary N) is 1. The first-order chi connectivity index (χ1) is 5.77. The van der Waals surface area contributed by atoms with E-state index >= 15 is 0 Å². The van der Waals surface area contributed by atoms with E-state index in [-0.39, 0.29) is 12.4 Å². The Bertz CT molecular complexity index is 186. The molecule has 2 rings (SSSR count). The van der Waals surface area contributed by atoms with Gasteiger partial charge in [0.25, 0.3) is 0 Å². The summed E-state index contributed by atoms with van der Waals surface area (Å²) in [6.45, 7) is 1.77. The summed E-state index contributed by atoms with van der Waals surface area (Å²) in [4.78, 5) is 13.5.